The molecule has 0 unspecified atom stereocenters. The van der Waals surface area contributed by atoms with Crippen LogP contribution in [-0.4, -0.2) is 46.3 Å². The van der Waals surface area contributed by atoms with Crippen LogP contribution in [0.2, 0.25) is 0 Å². The molecule has 3 heterocycles. The summed E-state index contributed by atoms with van der Waals surface area (Å²) in [7, 11) is 0. The van der Waals surface area contributed by atoms with Gasteiger partial charge in [-0.25, -0.2) is 9.37 Å². The largest absolute Gasteiger partial charge is 0.352 e. The lowest BCUT2D eigenvalue weighted by molar-refractivity contribution is -0.117. The molecule has 38 heavy (non-hydrogen) atoms. The zero-order valence-corrected chi connectivity index (χ0v) is 21.3. The van der Waals surface area contributed by atoms with Crippen molar-refractivity contribution >= 4 is 39.4 Å². The van der Waals surface area contributed by atoms with Crippen molar-refractivity contribution in [3.63, 3.8) is 0 Å². The molecular weight excluding hydrogens is 481 g/mol. The van der Waals surface area contributed by atoms with E-state index in [1.54, 1.807) is 12.3 Å². The Hall–Kier alpha value is -3.78. The maximum atomic E-state index is 13.9. The molecule has 8 heteroatoms. The Morgan fingerprint density at radius 3 is 2.63 bits per heavy atom. The number of H-pyrrole nitrogens is 1. The molecule has 196 valence electrons. The number of hydrogen-bond acceptors (Lipinski definition) is 4. The van der Waals surface area contributed by atoms with E-state index in [4.69, 9.17) is 0 Å². The lowest BCUT2D eigenvalue weighted by Gasteiger charge is -2.32. The van der Waals surface area contributed by atoms with Crippen molar-refractivity contribution in [1.29, 1.82) is 0 Å². The normalized spacial score (nSPS) is 16.7. The van der Waals surface area contributed by atoms with E-state index in [0.717, 1.165) is 72.6 Å². The van der Waals surface area contributed by atoms with Gasteiger partial charge in [0.05, 0.1) is 5.52 Å². The Kier molecular flexibility index (Phi) is 6.81. The first kappa shape index (κ1) is 24.6. The van der Waals surface area contributed by atoms with Crippen molar-refractivity contribution in [3.05, 3.63) is 71.7 Å². The Labute approximate surface area is 220 Å². The van der Waals surface area contributed by atoms with Crippen molar-refractivity contribution in [1.82, 2.24) is 20.2 Å². The van der Waals surface area contributed by atoms with Crippen LogP contribution in [0.15, 0.2) is 54.7 Å². The smallest absolute Gasteiger partial charge is 0.251 e. The van der Waals surface area contributed by atoms with Crippen molar-refractivity contribution in [2.45, 2.75) is 38.6 Å². The Bertz CT molecular complexity index is 1490. The lowest BCUT2D eigenvalue weighted by atomic mass is 9.93. The molecule has 6 rings (SSSR count). The molecule has 1 aliphatic heterocycles. The van der Waals surface area contributed by atoms with Gasteiger partial charge < -0.3 is 15.6 Å². The SMILES string of the molecule is O=C(NCCC1CCN(Cc2ccccc2F)CC1)c1ccc2c(c1)[nH]c1c(NC(=O)C3CC3)nccc12. The number of nitrogens with zero attached hydrogens (tertiary/aromatic N) is 2. The molecule has 4 aromatic rings. The predicted octanol–water partition coefficient (Wildman–Crippen LogP) is 5.24. The summed E-state index contributed by atoms with van der Waals surface area (Å²) in [5.41, 5.74) is 2.96. The van der Waals surface area contributed by atoms with E-state index in [1.165, 1.54) is 6.07 Å². The molecule has 2 aromatic carbocycles. The van der Waals surface area contributed by atoms with Crippen LogP contribution >= 0.6 is 0 Å². The number of fused-ring (bicyclic) bond motifs is 3. The summed E-state index contributed by atoms with van der Waals surface area (Å²) in [4.78, 5) is 35.2. The minimum atomic E-state index is -0.138. The number of piperidine rings is 1. The summed E-state index contributed by atoms with van der Waals surface area (Å²) in [6, 6.07) is 14.5. The van der Waals surface area contributed by atoms with E-state index in [1.807, 2.05) is 36.4 Å². The molecule has 1 saturated carbocycles. The van der Waals surface area contributed by atoms with E-state index in [0.29, 0.717) is 30.4 Å². The van der Waals surface area contributed by atoms with Gasteiger partial charge >= 0.3 is 0 Å². The highest BCUT2D eigenvalue weighted by molar-refractivity contribution is 6.13. The lowest BCUT2D eigenvalue weighted by Crippen LogP contribution is -2.35. The highest BCUT2D eigenvalue weighted by atomic mass is 19.1. The fraction of sp³-hybridized carbons (Fsp3) is 0.367. The second kappa shape index (κ2) is 10.5. The number of benzene rings is 2. The molecule has 1 saturated heterocycles. The summed E-state index contributed by atoms with van der Waals surface area (Å²) in [5, 5.41) is 7.97. The minimum absolute atomic E-state index is 0.0134. The predicted molar refractivity (Wildman–Crippen MR) is 146 cm³/mol. The van der Waals surface area contributed by atoms with Crippen LogP contribution in [-0.2, 0) is 11.3 Å². The fourth-order valence-corrected chi connectivity index (χ4v) is 5.42. The second-order valence-corrected chi connectivity index (χ2v) is 10.6. The van der Waals surface area contributed by atoms with E-state index < -0.39 is 0 Å². The van der Waals surface area contributed by atoms with E-state index in [-0.39, 0.29) is 23.5 Å². The number of aromatic nitrogens is 2. The molecule has 2 fully saturated rings. The summed E-state index contributed by atoms with van der Waals surface area (Å²) in [5.74, 6) is 0.961. The number of likely N-dealkylation sites (tertiary alicyclic amines) is 1. The number of carbonyl (C=O) groups is 2. The number of hydrogen-bond donors (Lipinski definition) is 3. The Balaban J connectivity index is 1.03. The molecule has 2 aliphatic rings. The summed E-state index contributed by atoms with van der Waals surface area (Å²) < 4.78 is 13.9. The molecule has 2 aromatic heterocycles. The zero-order chi connectivity index (χ0) is 26.1. The Morgan fingerprint density at radius 2 is 1.84 bits per heavy atom. The van der Waals surface area contributed by atoms with Gasteiger partial charge in [0, 0.05) is 52.6 Å². The molecule has 3 N–H and O–H groups in total. The molecule has 1 aliphatic carbocycles. The second-order valence-electron chi connectivity index (χ2n) is 10.6. The first-order valence-electron chi connectivity index (χ1n) is 13.5. The topological polar surface area (TPSA) is 90.1 Å². The number of nitrogens with one attached hydrogen (secondary N) is 3. The average molecular weight is 514 g/mol. The van der Waals surface area contributed by atoms with E-state index >= 15 is 0 Å². The molecule has 0 atom stereocenters. The molecule has 0 bridgehead atoms. The fourth-order valence-electron chi connectivity index (χ4n) is 5.42. The van der Waals surface area contributed by atoms with Crippen molar-refractivity contribution in [2.24, 2.45) is 11.8 Å². The third-order valence-electron chi connectivity index (χ3n) is 7.87. The summed E-state index contributed by atoms with van der Waals surface area (Å²) >= 11 is 0. The van der Waals surface area contributed by atoms with Crippen molar-refractivity contribution in [2.75, 3.05) is 25.0 Å². The van der Waals surface area contributed by atoms with Gasteiger partial charge in [0.1, 0.15) is 5.82 Å². The van der Waals surface area contributed by atoms with Gasteiger partial charge in [0.15, 0.2) is 5.82 Å². The molecule has 0 radical (unpaired) electrons. The minimum Gasteiger partial charge on any atom is -0.352 e. The monoisotopic (exact) mass is 513 g/mol. The number of amides is 2. The van der Waals surface area contributed by atoms with Gasteiger partial charge in [-0.2, -0.15) is 0 Å². The third kappa shape index (κ3) is 5.27. The summed E-state index contributed by atoms with van der Waals surface area (Å²) in [6.07, 6.45) is 6.61. The van der Waals surface area contributed by atoms with Gasteiger partial charge in [0.25, 0.3) is 5.91 Å². The zero-order valence-electron chi connectivity index (χ0n) is 21.3. The van der Waals surface area contributed by atoms with Crippen molar-refractivity contribution < 1.29 is 14.0 Å². The Morgan fingerprint density at radius 1 is 1.03 bits per heavy atom. The highest BCUT2D eigenvalue weighted by Crippen LogP contribution is 2.33. The van der Waals surface area contributed by atoms with Crippen molar-refractivity contribution in [3.8, 4) is 0 Å². The number of anilines is 1. The maximum Gasteiger partial charge on any atom is 0.251 e. The van der Waals surface area contributed by atoms with E-state index in [2.05, 4.69) is 25.5 Å². The van der Waals surface area contributed by atoms with E-state index in [9.17, 15) is 14.0 Å². The molecule has 2 amide bonds. The van der Waals surface area contributed by atoms with Crippen LogP contribution in [0.1, 0.15) is 48.0 Å². The first-order chi connectivity index (χ1) is 18.5. The number of rotatable bonds is 8. The number of carbonyl (C=O) groups excluding carboxylic acids is 2. The number of halogens is 1. The quantitative estimate of drug-likeness (QED) is 0.301. The molecule has 7 nitrogen and oxygen atoms in total. The highest BCUT2D eigenvalue weighted by Gasteiger charge is 2.30. The maximum absolute atomic E-state index is 13.9. The standard InChI is InChI=1S/C30H32FN5O2/c31-25-4-2-1-3-22(25)18-36-15-11-19(12-16-36)9-13-33-29(37)21-7-8-23-24-10-14-32-28(27(24)34-26(23)17-21)35-30(38)20-5-6-20/h1-4,7-8,10,14,17,19-20,34H,5-6,9,11-13,15-16,18H2,(H,33,37)(H,32,35,38). The van der Waals surface area contributed by atoms with Gasteiger partial charge in [0.2, 0.25) is 5.91 Å². The van der Waals surface area contributed by atoms with Crippen LogP contribution in [0.5, 0.6) is 0 Å². The molecule has 0 spiro atoms. The van der Waals surface area contributed by atoms with Gasteiger partial charge in [-0.15, -0.1) is 0 Å². The van der Waals surface area contributed by atoms with Crippen LogP contribution < -0.4 is 10.6 Å². The van der Waals surface area contributed by atoms with Crippen LogP contribution in [0, 0.1) is 17.7 Å². The van der Waals surface area contributed by atoms with Gasteiger partial charge in [-0.3, -0.25) is 14.5 Å². The van der Waals surface area contributed by atoms with Crippen LogP contribution in [0.25, 0.3) is 21.8 Å². The number of aromatic amines is 1. The van der Waals surface area contributed by atoms with Crippen LogP contribution in [0.4, 0.5) is 10.2 Å². The summed E-state index contributed by atoms with van der Waals surface area (Å²) in [6.45, 7) is 3.17. The van der Waals surface area contributed by atoms with Gasteiger partial charge in [-0.1, -0.05) is 24.3 Å². The number of pyridine rings is 1. The average Bonchev–Trinajstić information content (AvgIpc) is 3.72. The molecular formula is C30H32FN5O2. The van der Waals surface area contributed by atoms with Gasteiger partial charge in [-0.05, 0) is 75.4 Å². The van der Waals surface area contributed by atoms with Crippen LogP contribution in [0.3, 0.4) is 0 Å². The first-order valence-corrected chi connectivity index (χ1v) is 13.5. The third-order valence-corrected chi connectivity index (χ3v) is 7.87.